The molecule has 3 atom stereocenters. The molecule has 0 bridgehead atoms. The van der Waals surface area contributed by atoms with E-state index in [4.69, 9.17) is 0 Å². The number of halogens is 2. The first-order valence-corrected chi connectivity index (χ1v) is 9.11. The molecule has 27 heavy (non-hydrogen) atoms. The average Bonchev–Trinajstić information content (AvgIpc) is 2.83. The van der Waals surface area contributed by atoms with Crippen LogP contribution in [0, 0.1) is 17.6 Å². The molecule has 0 unspecified atom stereocenters. The van der Waals surface area contributed by atoms with Gasteiger partial charge in [0, 0.05) is 11.6 Å². The number of hydrogen-bond acceptors (Lipinski definition) is 3. The Hall–Kier alpha value is -2.51. The van der Waals surface area contributed by atoms with E-state index < -0.39 is 41.6 Å². The van der Waals surface area contributed by atoms with Gasteiger partial charge in [0.2, 0.25) is 5.91 Å². The zero-order valence-electron chi connectivity index (χ0n) is 15.4. The smallest absolute Gasteiger partial charge is 0.325 e. The normalized spacial score (nSPS) is 28.2. The summed E-state index contributed by atoms with van der Waals surface area (Å²) in [4.78, 5) is 38.1. The topological polar surface area (TPSA) is 78.5 Å². The number of nitrogens with one attached hydrogen (secondary N) is 2. The number of nitrogens with zero attached hydrogens (tertiary/aromatic N) is 1. The Balaban J connectivity index is 1.74. The van der Waals surface area contributed by atoms with Crippen molar-refractivity contribution in [3.63, 3.8) is 0 Å². The maximum atomic E-state index is 14.1. The molecule has 0 spiro atoms. The van der Waals surface area contributed by atoms with Crippen molar-refractivity contribution in [3.8, 4) is 0 Å². The predicted molar refractivity (Wildman–Crippen MR) is 93.5 cm³/mol. The third-order valence-corrected chi connectivity index (χ3v) is 5.50. The Morgan fingerprint density at radius 1 is 1.30 bits per heavy atom. The van der Waals surface area contributed by atoms with Crippen molar-refractivity contribution in [2.24, 2.45) is 5.92 Å². The lowest BCUT2D eigenvalue weighted by Gasteiger charge is -2.30. The Morgan fingerprint density at radius 2 is 2.00 bits per heavy atom. The highest BCUT2D eigenvalue weighted by Gasteiger charge is 2.51. The van der Waals surface area contributed by atoms with Gasteiger partial charge in [-0.05, 0) is 43.9 Å². The van der Waals surface area contributed by atoms with E-state index in [1.165, 1.54) is 6.92 Å². The van der Waals surface area contributed by atoms with Gasteiger partial charge < -0.3 is 10.6 Å². The fourth-order valence-corrected chi connectivity index (χ4v) is 3.83. The van der Waals surface area contributed by atoms with Crippen LogP contribution in [0.2, 0.25) is 0 Å². The molecule has 0 radical (unpaired) electrons. The lowest BCUT2D eigenvalue weighted by atomic mass is 9.86. The van der Waals surface area contributed by atoms with Crippen LogP contribution in [0.3, 0.4) is 0 Å². The van der Waals surface area contributed by atoms with Crippen molar-refractivity contribution in [2.45, 2.75) is 51.1 Å². The second-order valence-corrected chi connectivity index (χ2v) is 7.51. The molecule has 6 nitrogen and oxygen atoms in total. The maximum absolute atomic E-state index is 14.1. The van der Waals surface area contributed by atoms with Crippen LogP contribution >= 0.6 is 0 Å². The molecule has 2 fully saturated rings. The van der Waals surface area contributed by atoms with E-state index in [0.717, 1.165) is 48.8 Å². The maximum Gasteiger partial charge on any atom is 0.325 e. The van der Waals surface area contributed by atoms with Crippen molar-refractivity contribution < 1.29 is 23.2 Å². The fraction of sp³-hybridized carbons (Fsp3) is 0.526. The van der Waals surface area contributed by atoms with Crippen LogP contribution in [-0.2, 0) is 15.1 Å². The number of imide groups is 1. The summed E-state index contributed by atoms with van der Waals surface area (Å²) in [6, 6.07) is 1.91. The highest BCUT2D eigenvalue weighted by atomic mass is 19.1. The van der Waals surface area contributed by atoms with Crippen molar-refractivity contribution in [3.05, 3.63) is 35.4 Å². The Kier molecular flexibility index (Phi) is 5.17. The van der Waals surface area contributed by atoms with E-state index in [1.807, 2.05) is 0 Å². The standard InChI is InChI=1S/C19H23F2N3O3/c1-11-5-3-4-6-15(11)22-16(25)10-24-17(26)19(2,23-18(24)27)13-9-12(20)7-8-14(13)21/h7-9,11,15H,3-6,10H2,1-2H3,(H,22,25)(H,23,27)/t11-,15+,19-/m1/s1. The van der Waals surface area contributed by atoms with Gasteiger partial charge in [-0.25, -0.2) is 13.6 Å². The summed E-state index contributed by atoms with van der Waals surface area (Å²) in [6.45, 7) is 2.90. The van der Waals surface area contributed by atoms with E-state index in [9.17, 15) is 23.2 Å². The van der Waals surface area contributed by atoms with Crippen LogP contribution in [0.15, 0.2) is 18.2 Å². The van der Waals surface area contributed by atoms with Gasteiger partial charge in [-0.15, -0.1) is 0 Å². The Bertz CT molecular complexity index is 785. The molecule has 1 saturated heterocycles. The summed E-state index contributed by atoms with van der Waals surface area (Å²) in [6.07, 6.45) is 4.03. The lowest BCUT2D eigenvalue weighted by molar-refractivity contribution is -0.135. The van der Waals surface area contributed by atoms with Crippen LogP contribution < -0.4 is 10.6 Å². The molecule has 1 heterocycles. The first kappa shape index (κ1) is 19.3. The number of rotatable bonds is 4. The van der Waals surface area contributed by atoms with Crippen LogP contribution in [0.1, 0.15) is 45.1 Å². The number of urea groups is 1. The summed E-state index contributed by atoms with van der Waals surface area (Å²) >= 11 is 0. The molecule has 3 rings (SSSR count). The average molecular weight is 379 g/mol. The van der Waals surface area contributed by atoms with E-state index in [0.29, 0.717) is 5.92 Å². The highest BCUT2D eigenvalue weighted by molar-refractivity contribution is 6.09. The number of amides is 4. The van der Waals surface area contributed by atoms with Crippen molar-refractivity contribution in [2.75, 3.05) is 6.54 Å². The molecule has 2 aliphatic rings. The molecular formula is C19H23F2N3O3. The van der Waals surface area contributed by atoms with Crippen molar-refractivity contribution >= 4 is 17.8 Å². The van der Waals surface area contributed by atoms with Gasteiger partial charge in [0.1, 0.15) is 23.7 Å². The number of carbonyl (C=O) groups is 3. The summed E-state index contributed by atoms with van der Waals surface area (Å²) in [5.74, 6) is -2.44. The summed E-state index contributed by atoms with van der Waals surface area (Å²) in [5.41, 5.74) is -2.04. The molecule has 146 valence electrons. The van der Waals surface area contributed by atoms with Crippen LogP contribution in [0.4, 0.5) is 13.6 Å². The second kappa shape index (κ2) is 7.25. The van der Waals surface area contributed by atoms with Crippen LogP contribution in [0.5, 0.6) is 0 Å². The van der Waals surface area contributed by atoms with Crippen molar-refractivity contribution in [1.82, 2.24) is 15.5 Å². The van der Waals surface area contributed by atoms with Gasteiger partial charge in [0.25, 0.3) is 5.91 Å². The first-order chi connectivity index (χ1) is 12.7. The van der Waals surface area contributed by atoms with Gasteiger partial charge in [-0.2, -0.15) is 0 Å². The minimum atomic E-state index is -1.76. The zero-order chi connectivity index (χ0) is 19.8. The SMILES string of the molecule is C[C@@H]1CCCC[C@@H]1NC(=O)CN1C(=O)N[C@](C)(c2cc(F)ccc2F)C1=O. The van der Waals surface area contributed by atoms with E-state index >= 15 is 0 Å². The molecule has 1 saturated carbocycles. The van der Waals surface area contributed by atoms with Crippen LogP contribution in [-0.4, -0.2) is 35.3 Å². The van der Waals surface area contributed by atoms with Gasteiger partial charge in [0.15, 0.2) is 0 Å². The first-order valence-electron chi connectivity index (χ1n) is 9.11. The van der Waals surface area contributed by atoms with Gasteiger partial charge in [-0.3, -0.25) is 14.5 Å². The predicted octanol–water partition coefficient (Wildman–Crippen LogP) is 2.43. The lowest BCUT2D eigenvalue weighted by Crippen LogP contribution is -2.47. The molecule has 2 N–H and O–H groups in total. The monoisotopic (exact) mass is 379 g/mol. The third kappa shape index (κ3) is 3.65. The molecular weight excluding hydrogens is 356 g/mol. The number of carbonyl (C=O) groups excluding carboxylic acids is 3. The minimum Gasteiger partial charge on any atom is -0.352 e. The largest absolute Gasteiger partial charge is 0.352 e. The highest BCUT2D eigenvalue weighted by Crippen LogP contribution is 2.31. The summed E-state index contributed by atoms with van der Waals surface area (Å²) in [7, 11) is 0. The fourth-order valence-electron chi connectivity index (χ4n) is 3.83. The van der Waals surface area contributed by atoms with E-state index in [1.54, 1.807) is 0 Å². The molecule has 0 aromatic heterocycles. The second-order valence-electron chi connectivity index (χ2n) is 7.51. The molecule has 1 aliphatic heterocycles. The molecule has 1 aliphatic carbocycles. The number of benzene rings is 1. The Labute approximate surface area is 156 Å². The van der Waals surface area contributed by atoms with Gasteiger partial charge in [0.05, 0.1) is 0 Å². The molecule has 4 amide bonds. The molecule has 8 heteroatoms. The van der Waals surface area contributed by atoms with Gasteiger partial charge >= 0.3 is 6.03 Å². The number of hydrogen-bond donors (Lipinski definition) is 2. The van der Waals surface area contributed by atoms with Crippen LogP contribution in [0.25, 0.3) is 0 Å². The zero-order valence-corrected chi connectivity index (χ0v) is 15.4. The third-order valence-electron chi connectivity index (χ3n) is 5.50. The molecule has 1 aromatic carbocycles. The Morgan fingerprint density at radius 3 is 2.70 bits per heavy atom. The molecule has 1 aromatic rings. The van der Waals surface area contributed by atoms with Gasteiger partial charge in [-0.1, -0.05) is 19.8 Å². The minimum absolute atomic E-state index is 0.0130. The van der Waals surface area contributed by atoms with Crippen molar-refractivity contribution in [1.29, 1.82) is 0 Å². The summed E-state index contributed by atoms with van der Waals surface area (Å²) in [5, 5.41) is 5.26. The quantitative estimate of drug-likeness (QED) is 0.789. The summed E-state index contributed by atoms with van der Waals surface area (Å²) < 4.78 is 27.7. The van der Waals surface area contributed by atoms with E-state index in [-0.39, 0.29) is 11.6 Å². The van der Waals surface area contributed by atoms with E-state index in [2.05, 4.69) is 17.6 Å².